The fourth-order valence-electron chi connectivity index (χ4n) is 3.34. The van der Waals surface area contributed by atoms with E-state index in [1.165, 1.54) is 0 Å². The average Bonchev–Trinajstić information content (AvgIpc) is 2.62. The second-order valence-corrected chi connectivity index (χ2v) is 6.60. The number of aliphatic carboxylic acids is 1. The third-order valence-corrected chi connectivity index (χ3v) is 4.82. The number of carboxylic acid groups (broad SMARTS) is 1. The van der Waals surface area contributed by atoms with E-state index in [1.807, 2.05) is 24.3 Å². The van der Waals surface area contributed by atoms with Crippen molar-refractivity contribution >= 4 is 29.3 Å². The molecule has 0 unspecified atom stereocenters. The van der Waals surface area contributed by atoms with Crippen LogP contribution in [0.25, 0.3) is 0 Å². The smallest absolute Gasteiger partial charge is 0.328 e. The molecule has 2 fully saturated rings. The number of carbonyl (C=O) groups is 3. The Balaban J connectivity index is 1.51. The first-order valence-corrected chi connectivity index (χ1v) is 8.93. The van der Waals surface area contributed by atoms with Gasteiger partial charge in [0.2, 0.25) is 5.91 Å². The number of carbonyl (C=O) groups excluding carboxylic acids is 2. The molecule has 0 atom stereocenters. The molecule has 2 aliphatic rings. The number of benzene rings is 1. The molecule has 2 N–H and O–H groups in total. The number of hydrogen-bond acceptors (Lipinski definition) is 5. The highest BCUT2D eigenvalue weighted by atomic mass is 16.4. The van der Waals surface area contributed by atoms with Gasteiger partial charge in [0, 0.05) is 56.9 Å². The lowest BCUT2D eigenvalue weighted by molar-refractivity contribution is -0.137. The molecule has 8 heteroatoms. The molecule has 1 aromatic rings. The Kier molecular flexibility index (Phi) is 5.72. The van der Waals surface area contributed by atoms with Crippen molar-refractivity contribution in [3.8, 4) is 0 Å². The molecule has 0 spiro atoms. The van der Waals surface area contributed by atoms with Crippen LogP contribution in [0.4, 0.5) is 16.2 Å². The van der Waals surface area contributed by atoms with E-state index in [0.717, 1.165) is 44.1 Å². The summed E-state index contributed by atoms with van der Waals surface area (Å²) in [5.41, 5.74) is 1.89. The number of imide groups is 1. The van der Waals surface area contributed by atoms with Crippen molar-refractivity contribution in [3.05, 3.63) is 24.3 Å². The van der Waals surface area contributed by atoms with Crippen LogP contribution >= 0.6 is 0 Å². The summed E-state index contributed by atoms with van der Waals surface area (Å²) in [5.74, 6) is -0.973. The van der Waals surface area contributed by atoms with Crippen molar-refractivity contribution in [1.82, 2.24) is 10.2 Å². The van der Waals surface area contributed by atoms with Crippen LogP contribution in [0.3, 0.4) is 0 Å². The number of piperazine rings is 1. The normalized spacial score (nSPS) is 18.8. The minimum atomic E-state index is -0.740. The molecule has 140 valence electrons. The molecule has 3 amide bonds. The molecule has 2 heterocycles. The van der Waals surface area contributed by atoms with Crippen LogP contribution < -0.4 is 15.1 Å². The quantitative estimate of drug-likeness (QED) is 0.790. The largest absolute Gasteiger partial charge is 0.481 e. The fourth-order valence-corrected chi connectivity index (χ4v) is 3.34. The highest BCUT2D eigenvalue weighted by Gasteiger charge is 2.24. The highest BCUT2D eigenvalue weighted by molar-refractivity contribution is 6.05. The number of rotatable bonds is 6. The summed E-state index contributed by atoms with van der Waals surface area (Å²) in [6, 6.07) is 7.44. The number of carboxylic acids is 1. The summed E-state index contributed by atoms with van der Waals surface area (Å²) in [6.45, 7) is 4.84. The summed E-state index contributed by atoms with van der Waals surface area (Å²) in [6.07, 6.45) is 1.22. The van der Waals surface area contributed by atoms with Gasteiger partial charge in [0.1, 0.15) is 0 Å². The molecule has 8 nitrogen and oxygen atoms in total. The number of nitrogens with one attached hydrogen (secondary N) is 1. The SMILES string of the molecule is O=C(O)CCCN1CCN(c2ccc(N3CCC(=O)NC3=O)cc2)CC1. The van der Waals surface area contributed by atoms with Gasteiger partial charge in [0.05, 0.1) is 0 Å². The predicted molar refractivity (Wildman–Crippen MR) is 97.5 cm³/mol. The molecule has 0 aromatic heterocycles. The van der Waals surface area contributed by atoms with Crippen molar-refractivity contribution < 1.29 is 19.5 Å². The maximum atomic E-state index is 11.9. The van der Waals surface area contributed by atoms with Gasteiger partial charge in [0.25, 0.3) is 0 Å². The van der Waals surface area contributed by atoms with E-state index in [9.17, 15) is 14.4 Å². The zero-order valence-electron chi connectivity index (χ0n) is 14.7. The van der Waals surface area contributed by atoms with Gasteiger partial charge in [-0.1, -0.05) is 0 Å². The Morgan fingerprint density at radius 1 is 1.00 bits per heavy atom. The number of nitrogens with zero attached hydrogens (tertiary/aromatic N) is 3. The van der Waals surface area contributed by atoms with Gasteiger partial charge >= 0.3 is 12.0 Å². The zero-order valence-corrected chi connectivity index (χ0v) is 14.7. The zero-order chi connectivity index (χ0) is 18.5. The first kappa shape index (κ1) is 18.2. The molecular formula is C18H24N4O4. The Bertz CT molecular complexity index is 668. The Morgan fingerprint density at radius 3 is 2.27 bits per heavy atom. The summed E-state index contributed by atoms with van der Waals surface area (Å²) in [5, 5.41) is 11.0. The van der Waals surface area contributed by atoms with E-state index in [4.69, 9.17) is 5.11 Å². The first-order valence-electron chi connectivity index (χ1n) is 8.93. The van der Waals surface area contributed by atoms with E-state index >= 15 is 0 Å². The number of amides is 3. The van der Waals surface area contributed by atoms with Crippen molar-refractivity contribution in [2.45, 2.75) is 19.3 Å². The number of anilines is 2. The molecule has 3 rings (SSSR count). The van der Waals surface area contributed by atoms with E-state index in [2.05, 4.69) is 15.1 Å². The number of hydrogen-bond donors (Lipinski definition) is 2. The van der Waals surface area contributed by atoms with Gasteiger partial charge in [-0.05, 0) is 37.2 Å². The van der Waals surface area contributed by atoms with Gasteiger partial charge in [0.15, 0.2) is 0 Å². The predicted octanol–water partition coefficient (Wildman–Crippen LogP) is 1.12. The maximum absolute atomic E-state index is 11.9. The average molecular weight is 360 g/mol. The summed E-state index contributed by atoms with van der Waals surface area (Å²) in [4.78, 5) is 39.9. The lowest BCUT2D eigenvalue weighted by Gasteiger charge is -2.36. The molecule has 0 saturated carbocycles. The van der Waals surface area contributed by atoms with E-state index in [1.54, 1.807) is 4.90 Å². The van der Waals surface area contributed by atoms with Gasteiger partial charge in [-0.3, -0.25) is 24.7 Å². The van der Waals surface area contributed by atoms with Crippen molar-refractivity contribution in [2.75, 3.05) is 49.1 Å². The van der Waals surface area contributed by atoms with Crippen LogP contribution in [0.1, 0.15) is 19.3 Å². The van der Waals surface area contributed by atoms with E-state index < -0.39 is 5.97 Å². The van der Waals surface area contributed by atoms with Crippen LogP contribution in [0.2, 0.25) is 0 Å². The molecule has 26 heavy (non-hydrogen) atoms. The van der Waals surface area contributed by atoms with Crippen LogP contribution in [-0.4, -0.2) is 67.2 Å². The van der Waals surface area contributed by atoms with Crippen LogP contribution in [0.5, 0.6) is 0 Å². The van der Waals surface area contributed by atoms with Gasteiger partial charge in [-0.25, -0.2) is 4.79 Å². The summed E-state index contributed by atoms with van der Waals surface area (Å²) >= 11 is 0. The standard InChI is InChI=1S/C18H24N4O4/c23-16-7-9-22(18(26)19-16)15-5-3-14(4-6-15)21-12-10-20(11-13-21)8-1-2-17(24)25/h3-6H,1-2,7-13H2,(H,24,25)(H,19,23,26). The van der Waals surface area contributed by atoms with Crippen molar-refractivity contribution in [1.29, 1.82) is 0 Å². The molecule has 1 aromatic carbocycles. The van der Waals surface area contributed by atoms with Crippen LogP contribution in [0.15, 0.2) is 24.3 Å². The third-order valence-electron chi connectivity index (χ3n) is 4.82. The van der Waals surface area contributed by atoms with E-state index in [0.29, 0.717) is 19.4 Å². The molecule has 2 aliphatic heterocycles. The molecule has 2 saturated heterocycles. The second kappa shape index (κ2) is 8.18. The Labute approximate surface area is 152 Å². The summed E-state index contributed by atoms with van der Waals surface area (Å²) < 4.78 is 0. The van der Waals surface area contributed by atoms with E-state index in [-0.39, 0.29) is 18.4 Å². The first-order chi connectivity index (χ1) is 12.5. The minimum absolute atomic E-state index is 0.220. The highest BCUT2D eigenvalue weighted by Crippen LogP contribution is 2.23. The number of urea groups is 1. The third kappa shape index (κ3) is 4.51. The van der Waals surface area contributed by atoms with Crippen LogP contribution in [-0.2, 0) is 9.59 Å². The van der Waals surface area contributed by atoms with Crippen LogP contribution in [0, 0.1) is 0 Å². The monoisotopic (exact) mass is 360 g/mol. The van der Waals surface area contributed by atoms with Gasteiger partial charge < -0.3 is 10.0 Å². The minimum Gasteiger partial charge on any atom is -0.481 e. The van der Waals surface area contributed by atoms with Crippen molar-refractivity contribution in [2.24, 2.45) is 0 Å². The topological polar surface area (TPSA) is 93.2 Å². The molecule has 0 bridgehead atoms. The molecule has 0 radical (unpaired) electrons. The van der Waals surface area contributed by atoms with Gasteiger partial charge in [-0.2, -0.15) is 0 Å². The lowest BCUT2D eigenvalue weighted by atomic mass is 10.2. The second-order valence-electron chi connectivity index (χ2n) is 6.60. The Morgan fingerprint density at radius 2 is 1.65 bits per heavy atom. The maximum Gasteiger partial charge on any atom is 0.328 e. The summed E-state index contributed by atoms with van der Waals surface area (Å²) in [7, 11) is 0. The lowest BCUT2D eigenvalue weighted by Crippen LogP contribution is -2.49. The fraction of sp³-hybridized carbons (Fsp3) is 0.500. The van der Waals surface area contributed by atoms with Crippen molar-refractivity contribution in [3.63, 3.8) is 0 Å². The van der Waals surface area contributed by atoms with Gasteiger partial charge in [-0.15, -0.1) is 0 Å². The Hall–Kier alpha value is -2.61. The molecule has 0 aliphatic carbocycles. The molecular weight excluding hydrogens is 336 g/mol.